The van der Waals surface area contributed by atoms with Crippen LogP contribution in [0.3, 0.4) is 0 Å². The molecular weight excluding hydrogens is 352 g/mol. The third-order valence-electron chi connectivity index (χ3n) is 3.89. The molecule has 0 aliphatic carbocycles. The molecule has 1 unspecified atom stereocenters. The lowest BCUT2D eigenvalue weighted by Crippen LogP contribution is -2.51. The van der Waals surface area contributed by atoms with Crippen LogP contribution in [0.5, 0.6) is 0 Å². The molecule has 9 heteroatoms. The SMILES string of the molecule is CC(C)C[C@@H](NC(=O)C1CCCN1S(=O)(=O)c1cccs1)C(=O)O. The number of amides is 1. The number of carbonyl (C=O) groups excluding carboxylic acids is 1. The van der Waals surface area contributed by atoms with Gasteiger partial charge in [-0.25, -0.2) is 13.2 Å². The van der Waals surface area contributed by atoms with Gasteiger partial charge in [0.25, 0.3) is 10.0 Å². The van der Waals surface area contributed by atoms with Crippen LogP contribution in [0.2, 0.25) is 0 Å². The van der Waals surface area contributed by atoms with Crippen LogP contribution < -0.4 is 5.32 Å². The molecule has 0 aromatic carbocycles. The molecule has 1 aliphatic rings. The van der Waals surface area contributed by atoms with Gasteiger partial charge < -0.3 is 10.4 Å². The molecule has 2 atom stereocenters. The molecular formula is C15H22N2O5S2. The summed E-state index contributed by atoms with van der Waals surface area (Å²) in [5.74, 6) is -1.55. The molecule has 1 aromatic rings. The Hall–Kier alpha value is -1.45. The Morgan fingerprint density at radius 2 is 2.17 bits per heavy atom. The lowest BCUT2D eigenvalue weighted by molar-refractivity contribution is -0.142. The molecule has 2 N–H and O–H groups in total. The number of hydrogen-bond acceptors (Lipinski definition) is 5. The smallest absolute Gasteiger partial charge is 0.326 e. The first kappa shape index (κ1) is 18.9. The summed E-state index contributed by atoms with van der Waals surface area (Å²) in [5.41, 5.74) is 0. The Kier molecular flexibility index (Phi) is 6.00. The van der Waals surface area contributed by atoms with Gasteiger partial charge in [-0.15, -0.1) is 11.3 Å². The first-order valence-electron chi connectivity index (χ1n) is 7.82. The molecule has 2 heterocycles. The number of carboxylic acid groups (broad SMARTS) is 1. The van der Waals surface area contributed by atoms with Gasteiger partial charge in [0.05, 0.1) is 0 Å². The normalized spacial score (nSPS) is 20.2. The van der Waals surface area contributed by atoms with Crippen molar-refractivity contribution in [2.24, 2.45) is 5.92 Å². The van der Waals surface area contributed by atoms with Crippen molar-refractivity contribution in [2.45, 2.75) is 49.4 Å². The Morgan fingerprint density at radius 1 is 1.46 bits per heavy atom. The summed E-state index contributed by atoms with van der Waals surface area (Å²) in [6, 6.07) is 1.29. The van der Waals surface area contributed by atoms with E-state index in [-0.39, 0.29) is 16.7 Å². The Morgan fingerprint density at radius 3 is 2.71 bits per heavy atom. The summed E-state index contributed by atoms with van der Waals surface area (Å²) in [7, 11) is -3.73. The second kappa shape index (κ2) is 7.62. The first-order chi connectivity index (χ1) is 11.2. The van der Waals surface area contributed by atoms with Crippen LogP contribution >= 0.6 is 11.3 Å². The number of nitrogens with zero attached hydrogens (tertiary/aromatic N) is 1. The molecule has 24 heavy (non-hydrogen) atoms. The highest BCUT2D eigenvalue weighted by molar-refractivity contribution is 7.91. The third kappa shape index (κ3) is 4.14. The third-order valence-corrected chi connectivity index (χ3v) is 7.17. The first-order valence-corrected chi connectivity index (χ1v) is 10.1. The minimum absolute atomic E-state index is 0.0981. The molecule has 1 saturated heterocycles. The number of thiophene rings is 1. The maximum atomic E-state index is 12.6. The molecule has 7 nitrogen and oxygen atoms in total. The van der Waals surface area contributed by atoms with Crippen molar-refractivity contribution in [3.63, 3.8) is 0 Å². The predicted octanol–water partition coefficient (Wildman–Crippen LogP) is 1.52. The largest absolute Gasteiger partial charge is 0.480 e. The topological polar surface area (TPSA) is 104 Å². The molecule has 2 rings (SSSR count). The Labute approximate surface area is 145 Å². The van der Waals surface area contributed by atoms with Crippen molar-refractivity contribution in [3.05, 3.63) is 17.5 Å². The zero-order valence-electron chi connectivity index (χ0n) is 13.6. The van der Waals surface area contributed by atoms with Gasteiger partial charge in [0.15, 0.2) is 0 Å². The highest BCUT2D eigenvalue weighted by atomic mass is 32.2. The van der Waals surface area contributed by atoms with Crippen LogP contribution in [-0.2, 0) is 19.6 Å². The van der Waals surface area contributed by atoms with Gasteiger partial charge in [-0.3, -0.25) is 4.79 Å². The van der Waals surface area contributed by atoms with Crippen molar-refractivity contribution >= 4 is 33.2 Å². The highest BCUT2D eigenvalue weighted by Crippen LogP contribution is 2.28. The second-order valence-electron chi connectivity index (χ2n) is 6.23. The monoisotopic (exact) mass is 374 g/mol. The minimum atomic E-state index is -3.73. The fourth-order valence-electron chi connectivity index (χ4n) is 2.78. The quantitative estimate of drug-likeness (QED) is 0.753. The van der Waals surface area contributed by atoms with E-state index in [9.17, 15) is 23.1 Å². The summed E-state index contributed by atoms with van der Waals surface area (Å²) < 4.78 is 26.7. The van der Waals surface area contributed by atoms with Crippen molar-refractivity contribution in [1.29, 1.82) is 0 Å². The standard InChI is InChI=1S/C15H22N2O5S2/c1-10(2)9-11(15(19)20)16-14(18)12-5-3-7-17(12)24(21,22)13-6-4-8-23-13/h4,6,8,10-12H,3,5,7,9H2,1-2H3,(H,16,18)(H,19,20)/t11-,12?/m1/s1. The maximum Gasteiger partial charge on any atom is 0.326 e. The fraction of sp³-hybridized carbons (Fsp3) is 0.600. The summed E-state index contributed by atoms with van der Waals surface area (Å²) in [6.07, 6.45) is 1.26. The Bertz CT molecular complexity index is 685. The van der Waals surface area contributed by atoms with Crippen LogP contribution in [0.4, 0.5) is 0 Å². The van der Waals surface area contributed by atoms with Crippen LogP contribution in [0.25, 0.3) is 0 Å². The van der Waals surface area contributed by atoms with E-state index in [1.807, 2.05) is 13.8 Å². The average molecular weight is 374 g/mol. The zero-order valence-corrected chi connectivity index (χ0v) is 15.3. The van der Waals surface area contributed by atoms with Gasteiger partial charge in [0.2, 0.25) is 5.91 Å². The lowest BCUT2D eigenvalue weighted by Gasteiger charge is -2.25. The van der Waals surface area contributed by atoms with Crippen molar-refractivity contribution in [3.8, 4) is 0 Å². The van der Waals surface area contributed by atoms with Crippen molar-refractivity contribution in [1.82, 2.24) is 9.62 Å². The summed E-state index contributed by atoms with van der Waals surface area (Å²) in [5, 5.41) is 13.4. The minimum Gasteiger partial charge on any atom is -0.480 e. The van der Waals surface area contributed by atoms with E-state index in [1.54, 1.807) is 11.4 Å². The lowest BCUT2D eigenvalue weighted by atomic mass is 10.0. The van der Waals surface area contributed by atoms with Crippen molar-refractivity contribution in [2.75, 3.05) is 6.54 Å². The molecule has 0 spiro atoms. The molecule has 0 saturated carbocycles. The molecule has 1 aromatic heterocycles. The van der Waals surface area contributed by atoms with E-state index >= 15 is 0 Å². The van der Waals surface area contributed by atoms with Crippen LogP contribution in [0.1, 0.15) is 33.1 Å². The molecule has 0 radical (unpaired) electrons. The zero-order chi connectivity index (χ0) is 17.9. The summed E-state index contributed by atoms with van der Waals surface area (Å²) in [6.45, 7) is 4.00. The fourth-order valence-corrected chi connectivity index (χ4v) is 5.55. The van der Waals surface area contributed by atoms with Gasteiger partial charge in [0.1, 0.15) is 16.3 Å². The van der Waals surface area contributed by atoms with E-state index in [1.165, 1.54) is 10.4 Å². The number of aliphatic carboxylic acids is 1. The van der Waals surface area contributed by atoms with E-state index in [0.29, 0.717) is 19.3 Å². The van der Waals surface area contributed by atoms with Crippen molar-refractivity contribution < 1.29 is 23.1 Å². The van der Waals surface area contributed by atoms with E-state index in [4.69, 9.17) is 0 Å². The molecule has 134 valence electrons. The van der Waals surface area contributed by atoms with Gasteiger partial charge in [-0.05, 0) is 36.6 Å². The number of carbonyl (C=O) groups is 2. The van der Waals surface area contributed by atoms with Gasteiger partial charge >= 0.3 is 5.97 Å². The van der Waals surface area contributed by atoms with E-state index < -0.39 is 34.0 Å². The van der Waals surface area contributed by atoms with Gasteiger partial charge in [-0.2, -0.15) is 4.31 Å². The maximum absolute atomic E-state index is 12.6. The average Bonchev–Trinajstić information content (AvgIpc) is 3.17. The summed E-state index contributed by atoms with van der Waals surface area (Å²) >= 11 is 1.10. The molecule has 1 aliphatic heterocycles. The number of nitrogens with one attached hydrogen (secondary N) is 1. The molecule has 1 fully saturated rings. The van der Waals surface area contributed by atoms with Crippen LogP contribution in [-0.4, -0.2) is 48.3 Å². The van der Waals surface area contributed by atoms with Crippen LogP contribution in [0.15, 0.2) is 21.7 Å². The predicted molar refractivity (Wildman–Crippen MR) is 90.3 cm³/mol. The van der Waals surface area contributed by atoms with Gasteiger partial charge in [-0.1, -0.05) is 19.9 Å². The second-order valence-corrected chi connectivity index (χ2v) is 9.30. The van der Waals surface area contributed by atoms with E-state index in [2.05, 4.69) is 5.32 Å². The highest BCUT2D eigenvalue weighted by Gasteiger charge is 2.40. The molecule has 1 amide bonds. The number of hydrogen-bond donors (Lipinski definition) is 2. The van der Waals surface area contributed by atoms with Gasteiger partial charge in [0, 0.05) is 6.54 Å². The summed E-state index contributed by atoms with van der Waals surface area (Å²) in [4.78, 5) is 23.8. The van der Waals surface area contributed by atoms with E-state index in [0.717, 1.165) is 11.3 Å². The Balaban J connectivity index is 2.15. The molecule has 0 bridgehead atoms. The van der Waals surface area contributed by atoms with Crippen LogP contribution in [0, 0.1) is 5.92 Å². The number of rotatable bonds is 7. The number of sulfonamides is 1. The number of carboxylic acids is 1.